The standard InChI is InChI=1S/C14H31N/c1-9-13(11(4)5)14(15(7)8)12(6)10(2)3/h10-14H,9H2,1-8H3. The van der Waals surface area contributed by atoms with Crippen LogP contribution in [-0.2, 0) is 0 Å². The van der Waals surface area contributed by atoms with E-state index >= 15 is 0 Å². The van der Waals surface area contributed by atoms with Gasteiger partial charge in [0.05, 0.1) is 0 Å². The van der Waals surface area contributed by atoms with Crippen LogP contribution in [0.1, 0.15) is 48.0 Å². The Morgan fingerprint density at radius 1 is 0.867 bits per heavy atom. The summed E-state index contributed by atoms with van der Waals surface area (Å²) in [7, 11) is 4.46. The average Bonchev–Trinajstić information content (AvgIpc) is 2.11. The van der Waals surface area contributed by atoms with Crippen LogP contribution in [0.4, 0.5) is 0 Å². The van der Waals surface area contributed by atoms with E-state index in [9.17, 15) is 0 Å². The zero-order valence-electron chi connectivity index (χ0n) is 12.0. The van der Waals surface area contributed by atoms with E-state index in [1.165, 1.54) is 6.42 Å². The molecule has 3 atom stereocenters. The second kappa shape index (κ2) is 6.52. The molecule has 0 aromatic rings. The summed E-state index contributed by atoms with van der Waals surface area (Å²) in [6.45, 7) is 14.1. The molecule has 0 fully saturated rings. The summed E-state index contributed by atoms with van der Waals surface area (Å²) in [6, 6.07) is 0.718. The first kappa shape index (κ1) is 15.0. The fourth-order valence-corrected chi connectivity index (χ4v) is 2.74. The van der Waals surface area contributed by atoms with Gasteiger partial charge in [-0.2, -0.15) is 0 Å². The number of nitrogens with zero attached hydrogens (tertiary/aromatic N) is 1. The molecule has 0 rings (SSSR count). The molecule has 15 heavy (non-hydrogen) atoms. The molecule has 3 unspecified atom stereocenters. The van der Waals surface area contributed by atoms with Crippen molar-refractivity contribution in [2.24, 2.45) is 23.7 Å². The SMILES string of the molecule is CCC(C(C)C)C(C(C)C(C)C)N(C)C. The van der Waals surface area contributed by atoms with E-state index in [1.54, 1.807) is 0 Å². The van der Waals surface area contributed by atoms with Gasteiger partial charge in [-0.05, 0) is 37.8 Å². The molecule has 1 nitrogen and oxygen atoms in total. The Hall–Kier alpha value is -0.0400. The number of hydrogen-bond acceptors (Lipinski definition) is 1. The smallest absolute Gasteiger partial charge is 0.0148 e. The Morgan fingerprint density at radius 3 is 1.53 bits per heavy atom. The number of hydrogen-bond donors (Lipinski definition) is 0. The molecule has 1 heteroatoms. The maximum atomic E-state index is 2.43. The van der Waals surface area contributed by atoms with Crippen molar-refractivity contribution >= 4 is 0 Å². The van der Waals surface area contributed by atoms with Crippen LogP contribution in [0.2, 0.25) is 0 Å². The summed E-state index contributed by atoms with van der Waals surface area (Å²) >= 11 is 0. The van der Waals surface area contributed by atoms with E-state index in [2.05, 4.69) is 60.5 Å². The highest BCUT2D eigenvalue weighted by Gasteiger charge is 2.30. The molecule has 0 heterocycles. The van der Waals surface area contributed by atoms with Gasteiger partial charge in [0.1, 0.15) is 0 Å². The molecule has 0 aromatic carbocycles. The van der Waals surface area contributed by atoms with Gasteiger partial charge in [-0.25, -0.2) is 0 Å². The summed E-state index contributed by atoms with van der Waals surface area (Å²) in [4.78, 5) is 2.43. The Balaban J connectivity index is 4.77. The lowest BCUT2D eigenvalue weighted by Crippen LogP contribution is -2.44. The molecule has 0 saturated carbocycles. The molecular formula is C14H31N. The first-order valence-corrected chi connectivity index (χ1v) is 6.49. The van der Waals surface area contributed by atoms with Gasteiger partial charge >= 0.3 is 0 Å². The quantitative estimate of drug-likeness (QED) is 0.647. The van der Waals surface area contributed by atoms with Crippen molar-refractivity contribution in [2.45, 2.75) is 54.0 Å². The van der Waals surface area contributed by atoms with Gasteiger partial charge in [-0.1, -0.05) is 48.0 Å². The molecule has 0 saturated heterocycles. The van der Waals surface area contributed by atoms with Gasteiger partial charge in [0.15, 0.2) is 0 Å². The first-order chi connectivity index (χ1) is 6.82. The molecule has 0 aromatic heterocycles. The van der Waals surface area contributed by atoms with Crippen molar-refractivity contribution in [3.8, 4) is 0 Å². The van der Waals surface area contributed by atoms with Gasteiger partial charge in [0.2, 0.25) is 0 Å². The highest BCUT2D eigenvalue weighted by atomic mass is 15.1. The van der Waals surface area contributed by atoms with Crippen LogP contribution in [0.25, 0.3) is 0 Å². The summed E-state index contributed by atoms with van der Waals surface area (Å²) < 4.78 is 0. The van der Waals surface area contributed by atoms with Crippen LogP contribution in [0, 0.1) is 23.7 Å². The predicted molar refractivity (Wildman–Crippen MR) is 70.1 cm³/mol. The van der Waals surface area contributed by atoms with E-state index in [4.69, 9.17) is 0 Å². The zero-order valence-corrected chi connectivity index (χ0v) is 12.0. The van der Waals surface area contributed by atoms with Crippen LogP contribution in [0.3, 0.4) is 0 Å². The molecule has 0 radical (unpaired) electrons. The van der Waals surface area contributed by atoms with Crippen molar-refractivity contribution in [1.82, 2.24) is 4.90 Å². The lowest BCUT2D eigenvalue weighted by molar-refractivity contribution is 0.0923. The minimum atomic E-state index is 0.718. The molecule has 0 N–H and O–H groups in total. The minimum absolute atomic E-state index is 0.718. The zero-order chi connectivity index (χ0) is 12.2. The summed E-state index contributed by atoms with van der Waals surface area (Å²) in [6.07, 6.45) is 1.29. The second-order valence-corrected chi connectivity index (χ2v) is 5.87. The molecule has 0 aliphatic rings. The van der Waals surface area contributed by atoms with E-state index in [1.807, 2.05) is 0 Å². The monoisotopic (exact) mass is 213 g/mol. The summed E-state index contributed by atoms with van der Waals surface area (Å²) in [5.74, 6) is 3.14. The van der Waals surface area contributed by atoms with E-state index in [0.717, 1.165) is 29.7 Å². The van der Waals surface area contributed by atoms with Gasteiger partial charge in [-0.15, -0.1) is 0 Å². The molecule has 0 aliphatic carbocycles. The Kier molecular flexibility index (Phi) is 6.51. The third-order valence-corrected chi connectivity index (χ3v) is 3.95. The van der Waals surface area contributed by atoms with E-state index in [-0.39, 0.29) is 0 Å². The molecule has 0 amide bonds. The Bertz CT molecular complexity index is 161. The third-order valence-electron chi connectivity index (χ3n) is 3.95. The number of rotatable bonds is 6. The van der Waals surface area contributed by atoms with Crippen LogP contribution in [-0.4, -0.2) is 25.0 Å². The van der Waals surface area contributed by atoms with Crippen LogP contribution < -0.4 is 0 Å². The van der Waals surface area contributed by atoms with Crippen LogP contribution in [0.15, 0.2) is 0 Å². The Morgan fingerprint density at radius 2 is 1.33 bits per heavy atom. The molecular weight excluding hydrogens is 182 g/mol. The second-order valence-electron chi connectivity index (χ2n) is 5.87. The minimum Gasteiger partial charge on any atom is -0.306 e. The van der Waals surface area contributed by atoms with Crippen molar-refractivity contribution in [1.29, 1.82) is 0 Å². The van der Waals surface area contributed by atoms with Crippen molar-refractivity contribution in [3.05, 3.63) is 0 Å². The molecule has 92 valence electrons. The fourth-order valence-electron chi connectivity index (χ4n) is 2.74. The molecule has 0 bridgehead atoms. The summed E-state index contributed by atoms with van der Waals surface area (Å²) in [5, 5.41) is 0. The lowest BCUT2D eigenvalue weighted by Gasteiger charge is -2.40. The van der Waals surface area contributed by atoms with Crippen LogP contribution in [0.5, 0.6) is 0 Å². The predicted octanol–water partition coefficient (Wildman–Crippen LogP) is 3.89. The van der Waals surface area contributed by atoms with E-state index < -0.39 is 0 Å². The molecule has 0 spiro atoms. The third kappa shape index (κ3) is 4.14. The van der Waals surface area contributed by atoms with E-state index in [0.29, 0.717) is 0 Å². The topological polar surface area (TPSA) is 3.24 Å². The Labute approximate surface area is 97.2 Å². The highest BCUT2D eigenvalue weighted by Crippen LogP contribution is 2.30. The maximum absolute atomic E-state index is 2.43. The van der Waals surface area contributed by atoms with Gasteiger partial charge < -0.3 is 4.90 Å². The largest absolute Gasteiger partial charge is 0.306 e. The van der Waals surface area contributed by atoms with Gasteiger partial charge in [0, 0.05) is 6.04 Å². The van der Waals surface area contributed by atoms with Crippen molar-refractivity contribution in [3.63, 3.8) is 0 Å². The van der Waals surface area contributed by atoms with Crippen LogP contribution >= 0.6 is 0 Å². The van der Waals surface area contributed by atoms with Gasteiger partial charge in [0.25, 0.3) is 0 Å². The molecule has 0 aliphatic heterocycles. The first-order valence-electron chi connectivity index (χ1n) is 6.49. The lowest BCUT2D eigenvalue weighted by atomic mass is 9.76. The highest BCUT2D eigenvalue weighted by molar-refractivity contribution is 4.83. The maximum Gasteiger partial charge on any atom is 0.0148 e. The summed E-state index contributed by atoms with van der Waals surface area (Å²) in [5.41, 5.74) is 0. The average molecular weight is 213 g/mol. The van der Waals surface area contributed by atoms with Crippen molar-refractivity contribution in [2.75, 3.05) is 14.1 Å². The van der Waals surface area contributed by atoms with Crippen molar-refractivity contribution < 1.29 is 0 Å². The van der Waals surface area contributed by atoms with Gasteiger partial charge in [-0.3, -0.25) is 0 Å². The fraction of sp³-hybridized carbons (Fsp3) is 1.00. The normalized spacial score (nSPS) is 18.6.